The van der Waals surface area contributed by atoms with Gasteiger partial charge >= 0.3 is 0 Å². The second kappa shape index (κ2) is 9.31. The van der Waals surface area contributed by atoms with Crippen molar-refractivity contribution in [2.45, 2.75) is 52.4 Å². The molecule has 0 saturated heterocycles. The Morgan fingerprint density at radius 3 is 2.56 bits per heavy atom. The fourth-order valence-corrected chi connectivity index (χ4v) is 3.19. The van der Waals surface area contributed by atoms with Crippen molar-refractivity contribution in [1.29, 1.82) is 0 Å². The number of hydrogen-bond acceptors (Lipinski definition) is 4. The highest BCUT2D eigenvalue weighted by Gasteiger charge is 2.09. The van der Waals surface area contributed by atoms with E-state index in [0.717, 1.165) is 59.7 Å². The first-order valence-corrected chi connectivity index (χ1v) is 9.56. The Morgan fingerprint density at radius 1 is 0.889 bits per heavy atom. The molecule has 0 bridgehead atoms. The molecule has 0 fully saturated rings. The van der Waals surface area contributed by atoms with E-state index >= 15 is 0 Å². The molecule has 3 aromatic rings. The summed E-state index contributed by atoms with van der Waals surface area (Å²) in [6.45, 7) is 4.05. The molecule has 5 heteroatoms. The molecule has 0 saturated carbocycles. The molecule has 2 aromatic heterocycles. The Bertz CT molecular complexity index is 895. The molecule has 0 aliphatic carbocycles. The van der Waals surface area contributed by atoms with Crippen LogP contribution in [0.15, 0.2) is 42.9 Å². The zero-order valence-corrected chi connectivity index (χ0v) is 16.0. The lowest BCUT2D eigenvalue weighted by Gasteiger charge is -2.09. The quantitative estimate of drug-likeness (QED) is 0.598. The summed E-state index contributed by atoms with van der Waals surface area (Å²) in [4.78, 5) is 17.9. The standard InChI is InChI=1S/C22H25FN4/c1-3-17-14-24-15-19(26-17)8-6-10-22-25-12-11-18(27-22)13-16-7-5-9-21(23)20(16)4-2/h5,7,9,11-12,14-15H,3-4,6,8,10,13H2,1-2H3. The maximum absolute atomic E-state index is 14.0. The summed E-state index contributed by atoms with van der Waals surface area (Å²) in [5.74, 6) is 0.682. The first-order valence-electron chi connectivity index (χ1n) is 9.56. The van der Waals surface area contributed by atoms with E-state index in [4.69, 9.17) is 0 Å². The molecule has 0 aliphatic heterocycles. The van der Waals surface area contributed by atoms with Crippen LogP contribution in [0.1, 0.15) is 54.3 Å². The number of halogens is 1. The van der Waals surface area contributed by atoms with E-state index in [1.807, 2.05) is 31.5 Å². The SMILES string of the molecule is CCc1cncc(CCCc2nccc(Cc3cccc(F)c3CC)n2)n1. The average molecular weight is 364 g/mol. The van der Waals surface area contributed by atoms with Crippen LogP contribution >= 0.6 is 0 Å². The molecule has 1 aromatic carbocycles. The van der Waals surface area contributed by atoms with E-state index in [-0.39, 0.29) is 5.82 Å². The highest BCUT2D eigenvalue weighted by Crippen LogP contribution is 2.17. The molecule has 0 aliphatic rings. The molecule has 2 heterocycles. The molecular formula is C22H25FN4. The van der Waals surface area contributed by atoms with Gasteiger partial charge in [0.05, 0.1) is 11.4 Å². The fraction of sp³-hybridized carbons (Fsp3) is 0.364. The van der Waals surface area contributed by atoms with Crippen molar-refractivity contribution in [3.63, 3.8) is 0 Å². The summed E-state index contributed by atoms with van der Waals surface area (Å²) in [6.07, 6.45) is 10.2. The van der Waals surface area contributed by atoms with Crippen LogP contribution in [-0.4, -0.2) is 19.9 Å². The van der Waals surface area contributed by atoms with Crippen molar-refractivity contribution in [1.82, 2.24) is 19.9 Å². The Hall–Kier alpha value is -2.69. The summed E-state index contributed by atoms with van der Waals surface area (Å²) < 4.78 is 14.0. The number of nitrogens with zero attached hydrogens (tertiary/aromatic N) is 4. The molecular weight excluding hydrogens is 339 g/mol. The highest BCUT2D eigenvalue weighted by molar-refractivity contribution is 5.32. The molecule has 0 amide bonds. The van der Waals surface area contributed by atoms with Crippen molar-refractivity contribution in [3.05, 3.63) is 82.7 Å². The monoisotopic (exact) mass is 364 g/mol. The number of benzene rings is 1. The van der Waals surface area contributed by atoms with Crippen molar-refractivity contribution in [3.8, 4) is 0 Å². The van der Waals surface area contributed by atoms with Gasteiger partial charge in [-0.3, -0.25) is 9.97 Å². The average Bonchev–Trinajstić information content (AvgIpc) is 2.69. The van der Waals surface area contributed by atoms with Gasteiger partial charge < -0.3 is 0 Å². The number of aromatic nitrogens is 4. The normalized spacial score (nSPS) is 10.9. The van der Waals surface area contributed by atoms with E-state index in [1.165, 1.54) is 6.07 Å². The molecule has 27 heavy (non-hydrogen) atoms. The third-order valence-electron chi connectivity index (χ3n) is 4.63. The van der Waals surface area contributed by atoms with Crippen LogP contribution in [0.3, 0.4) is 0 Å². The van der Waals surface area contributed by atoms with Gasteiger partial charge in [-0.1, -0.05) is 26.0 Å². The molecule has 0 spiro atoms. The smallest absolute Gasteiger partial charge is 0.128 e. The predicted octanol–water partition coefficient (Wildman–Crippen LogP) is 4.30. The van der Waals surface area contributed by atoms with Crippen LogP contribution in [0.4, 0.5) is 4.39 Å². The Kier molecular flexibility index (Phi) is 6.58. The lowest BCUT2D eigenvalue weighted by molar-refractivity contribution is 0.609. The van der Waals surface area contributed by atoms with Gasteiger partial charge in [-0.15, -0.1) is 0 Å². The van der Waals surface area contributed by atoms with Gasteiger partial charge in [0.2, 0.25) is 0 Å². The van der Waals surface area contributed by atoms with Gasteiger partial charge in [0, 0.05) is 37.1 Å². The lowest BCUT2D eigenvalue weighted by Crippen LogP contribution is -2.04. The maximum atomic E-state index is 14.0. The van der Waals surface area contributed by atoms with Gasteiger partial charge in [0.15, 0.2) is 0 Å². The van der Waals surface area contributed by atoms with E-state index in [0.29, 0.717) is 12.8 Å². The van der Waals surface area contributed by atoms with E-state index in [1.54, 1.807) is 12.3 Å². The van der Waals surface area contributed by atoms with Crippen LogP contribution in [-0.2, 0) is 32.1 Å². The van der Waals surface area contributed by atoms with E-state index < -0.39 is 0 Å². The highest BCUT2D eigenvalue weighted by atomic mass is 19.1. The maximum Gasteiger partial charge on any atom is 0.128 e. The van der Waals surface area contributed by atoms with Crippen LogP contribution < -0.4 is 0 Å². The summed E-state index contributed by atoms with van der Waals surface area (Å²) in [5.41, 5.74) is 4.72. The van der Waals surface area contributed by atoms with Gasteiger partial charge in [0.25, 0.3) is 0 Å². The van der Waals surface area contributed by atoms with Crippen LogP contribution in [0.5, 0.6) is 0 Å². The summed E-state index contributed by atoms with van der Waals surface area (Å²) in [7, 11) is 0. The van der Waals surface area contributed by atoms with E-state index in [2.05, 4.69) is 26.9 Å². The first-order chi connectivity index (χ1) is 13.2. The van der Waals surface area contributed by atoms with Gasteiger partial charge in [0.1, 0.15) is 11.6 Å². The molecule has 3 rings (SSSR count). The second-order valence-corrected chi connectivity index (χ2v) is 6.58. The molecule has 0 N–H and O–H groups in total. The van der Waals surface area contributed by atoms with E-state index in [9.17, 15) is 4.39 Å². The van der Waals surface area contributed by atoms with Gasteiger partial charge in [-0.05, 0) is 48.9 Å². The minimum Gasteiger partial charge on any atom is -0.261 e. The lowest BCUT2D eigenvalue weighted by atomic mass is 10.0. The topological polar surface area (TPSA) is 51.6 Å². The number of aryl methyl sites for hydroxylation is 3. The van der Waals surface area contributed by atoms with Crippen molar-refractivity contribution >= 4 is 0 Å². The zero-order valence-electron chi connectivity index (χ0n) is 16.0. The summed E-state index contributed by atoms with van der Waals surface area (Å²) in [6, 6.07) is 7.16. The number of hydrogen-bond donors (Lipinski definition) is 0. The van der Waals surface area contributed by atoms with Crippen LogP contribution in [0, 0.1) is 5.82 Å². The second-order valence-electron chi connectivity index (χ2n) is 6.58. The minimum absolute atomic E-state index is 0.139. The summed E-state index contributed by atoms with van der Waals surface area (Å²) >= 11 is 0. The number of rotatable bonds is 8. The predicted molar refractivity (Wildman–Crippen MR) is 104 cm³/mol. The Labute approximate surface area is 160 Å². The van der Waals surface area contributed by atoms with Gasteiger partial charge in [-0.25, -0.2) is 14.4 Å². The van der Waals surface area contributed by atoms with Crippen molar-refractivity contribution < 1.29 is 4.39 Å². The Balaban J connectivity index is 1.63. The van der Waals surface area contributed by atoms with Crippen molar-refractivity contribution in [2.75, 3.05) is 0 Å². The fourth-order valence-electron chi connectivity index (χ4n) is 3.19. The molecule has 0 radical (unpaired) electrons. The molecule has 4 nitrogen and oxygen atoms in total. The zero-order chi connectivity index (χ0) is 19.1. The molecule has 0 unspecified atom stereocenters. The largest absolute Gasteiger partial charge is 0.261 e. The molecule has 0 atom stereocenters. The van der Waals surface area contributed by atoms with Crippen molar-refractivity contribution in [2.24, 2.45) is 0 Å². The van der Waals surface area contributed by atoms with Gasteiger partial charge in [-0.2, -0.15) is 0 Å². The Morgan fingerprint density at radius 2 is 1.74 bits per heavy atom. The van der Waals surface area contributed by atoms with Crippen LogP contribution in [0.2, 0.25) is 0 Å². The minimum atomic E-state index is -0.139. The summed E-state index contributed by atoms with van der Waals surface area (Å²) in [5, 5.41) is 0. The van der Waals surface area contributed by atoms with Crippen LogP contribution in [0.25, 0.3) is 0 Å². The third-order valence-corrected chi connectivity index (χ3v) is 4.63. The first kappa shape index (κ1) is 19.1. The molecule has 140 valence electrons. The third kappa shape index (κ3) is 5.16.